The first kappa shape index (κ1) is 18.3. The lowest BCUT2D eigenvalue weighted by Crippen LogP contribution is -2.11. The summed E-state index contributed by atoms with van der Waals surface area (Å²) in [5.74, 6) is 1.50. The van der Waals surface area contributed by atoms with Crippen LogP contribution in [0.5, 0.6) is 11.5 Å². The van der Waals surface area contributed by atoms with E-state index in [2.05, 4.69) is 91.1 Å². The van der Waals surface area contributed by atoms with Crippen molar-refractivity contribution >= 4 is 25.3 Å². The second-order valence-corrected chi connectivity index (χ2v) is 8.93. The zero-order chi connectivity index (χ0) is 17.4. The molecule has 0 N–H and O–H groups in total. The molecule has 0 aliphatic rings. The van der Waals surface area contributed by atoms with Gasteiger partial charge in [0.1, 0.15) is 11.5 Å². The van der Waals surface area contributed by atoms with Crippen LogP contribution in [-0.4, -0.2) is 0 Å². The molecule has 2 aromatic rings. The van der Waals surface area contributed by atoms with Gasteiger partial charge in [-0.2, -0.15) is 0 Å². The number of thiol groups is 2. The van der Waals surface area contributed by atoms with Gasteiger partial charge >= 0.3 is 0 Å². The number of benzene rings is 2. The van der Waals surface area contributed by atoms with Crippen LogP contribution in [0.4, 0.5) is 0 Å². The van der Waals surface area contributed by atoms with Gasteiger partial charge in [-0.05, 0) is 46.2 Å². The third kappa shape index (κ3) is 4.48. The Hall–Kier alpha value is -1.06. The molecule has 2 rings (SSSR count). The van der Waals surface area contributed by atoms with Gasteiger partial charge in [0, 0.05) is 9.79 Å². The number of rotatable bonds is 2. The highest BCUT2D eigenvalue weighted by atomic mass is 32.1. The molecule has 2 aromatic carbocycles. The van der Waals surface area contributed by atoms with E-state index in [4.69, 9.17) is 4.74 Å². The third-order valence-electron chi connectivity index (χ3n) is 3.87. The van der Waals surface area contributed by atoms with Crippen molar-refractivity contribution in [3.8, 4) is 11.5 Å². The van der Waals surface area contributed by atoms with E-state index in [9.17, 15) is 0 Å². The van der Waals surface area contributed by atoms with E-state index in [1.165, 1.54) is 11.1 Å². The highest BCUT2D eigenvalue weighted by Crippen LogP contribution is 2.36. The largest absolute Gasteiger partial charge is 0.455 e. The van der Waals surface area contributed by atoms with Gasteiger partial charge in [-0.25, -0.2) is 0 Å². The topological polar surface area (TPSA) is 9.23 Å². The van der Waals surface area contributed by atoms with Crippen molar-refractivity contribution in [1.29, 1.82) is 0 Å². The average Bonchev–Trinajstić information content (AvgIpc) is 2.40. The molecule has 0 bridgehead atoms. The van der Waals surface area contributed by atoms with Crippen molar-refractivity contribution in [2.24, 2.45) is 0 Å². The molecule has 0 spiro atoms. The first-order valence-corrected chi connectivity index (χ1v) is 8.73. The van der Waals surface area contributed by atoms with Gasteiger partial charge < -0.3 is 4.74 Å². The van der Waals surface area contributed by atoms with E-state index in [-0.39, 0.29) is 10.8 Å². The van der Waals surface area contributed by atoms with E-state index in [1.807, 2.05) is 12.1 Å². The number of ether oxygens (including phenoxy) is 1. The molecule has 0 radical (unpaired) electrons. The van der Waals surface area contributed by atoms with E-state index in [0.29, 0.717) is 0 Å². The summed E-state index contributed by atoms with van der Waals surface area (Å²) < 4.78 is 6.02. The first-order chi connectivity index (χ1) is 10.5. The summed E-state index contributed by atoms with van der Waals surface area (Å²) in [6, 6.07) is 12.3. The molecule has 1 nitrogen and oxygen atoms in total. The summed E-state index contributed by atoms with van der Waals surface area (Å²) in [6.07, 6.45) is 0. The maximum absolute atomic E-state index is 6.02. The average molecular weight is 347 g/mol. The zero-order valence-electron chi connectivity index (χ0n) is 14.8. The molecule has 0 atom stereocenters. The highest BCUT2D eigenvalue weighted by molar-refractivity contribution is 7.80. The Morgan fingerprint density at radius 3 is 1.26 bits per heavy atom. The van der Waals surface area contributed by atoms with E-state index in [0.717, 1.165) is 21.3 Å². The molecule has 3 heteroatoms. The minimum Gasteiger partial charge on any atom is -0.455 e. The summed E-state index contributed by atoms with van der Waals surface area (Å²) in [4.78, 5) is 1.68. The fourth-order valence-electron chi connectivity index (χ4n) is 2.26. The molecule has 0 amide bonds. The van der Waals surface area contributed by atoms with Crippen LogP contribution in [0.3, 0.4) is 0 Å². The maximum Gasteiger partial charge on any atom is 0.140 e. The normalized spacial score (nSPS) is 12.3. The van der Waals surface area contributed by atoms with Crippen molar-refractivity contribution in [2.75, 3.05) is 0 Å². The van der Waals surface area contributed by atoms with Gasteiger partial charge in [-0.15, -0.1) is 25.3 Å². The van der Waals surface area contributed by atoms with Gasteiger partial charge in [0.15, 0.2) is 0 Å². The quantitative estimate of drug-likeness (QED) is 0.579. The Labute approximate surface area is 151 Å². The van der Waals surface area contributed by atoms with Crippen molar-refractivity contribution < 1.29 is 4.74 Å². The molecule has 0 aliphatic heterocycles. The molecule has 0 unspecified atom stereocenters. The van der Waals surface area contributed by atoms with Crippen LogP contribution in [0.1, 0.15) is 52.7 Å². The summed E-state index contributed by atoms with van der Waals surface area (Å²) in [5.41, 5.74) is 2.67. The smallest absolute Gasteiger partial charge is 0.140 e. The van der Waals surface area contributed by atoms with Crippen LogP contribution in [-0.2, 0) is 10.8 Å². The van der Waals surface area contributed by atoms with Crippen molar-refractivity contribution in [3.63, 3.8) is 0 Å². The molecule has 124 valence electrons. The molecular weight excluding hydrogens is 320 g/mol. The van der Waals surface area contributed by atoms with Crippen LogP contribution >= 0.6 is 25.3 Å². The van der Waals surface area contributed by atoms with Crippen LogP contribution in [0, 0.1) is 0 Å². The Balaban J connectivity index is 2.30. The van der Waals surface area contributed by atoms with Crippen molar-refractivity contribution in [2.45, 2.75) is 62.2 Å². The molecule has 0 aliphatic carbocycles. The zero-order valence-corrected chi connectivity index (χ0v) is 16.6. The van der Waals surface area contributed by atoms with Crippen molar-refractivity contribution in [1.82, 2.24) is 0 Å². The van der Waals surface area contributed by atoms with Crippen LogP contribution in [0.25, 0.3) is 0 Å². The van der Waals surface area contributed by atoms with Gasteiger partial charge in [0.2, 0.25) is 0 Å². The maximum atomic E-state index is 6.02. The number of hydrogen-bond donors (Lipinski definition) is 2. The second-order valence-electron chi connectivity index (χ2n) is 7.97. The lowest BCUT2D eigenvalue weighted by Gasteiger charge is -2.22. The number of hydrogen-bond acceptors (Lipinski definition) is 3. The Morgan fingerprint density at radius 1 is 0.652 bits per heavy atom. The van der Waals surface area contributed by atoms with Gasteiger partial charge in [0.25, 0.3) is 0 Å². The predicted octanol–water partition coefficient (Wildman–Crippen LogP) is 6.65. The summed E-state index contributed by atoms with van der Waals surface area (Å²) >= 11 is 9.16. The van der Waals surface area contributed by atoms with Crippen molar-refractivity contribution in [3.05, 3.63) is 47.5 Å². The third-order valence-corrected chi connectivity index (χ3v) is 4.57. The summed E-state index contributed by atoms with van der Waals surface area (Å²) in [6.45, 7) is 13.1. The predicted molar refractivity (Wildman–Crippen MR) is 105 cm³/mol. The molecule has 0 fully saturated rings. The summed E-state index contributed by atoms with van der Waals surface area (Å²) in [7, 11) is 0. The van der Waals surface area contributed by atoms with Gasteiger partial charge in [-0.1, -0.05) is 53.7 Å². The fraction of sp³-hybridized carbons (Fsp3) is 0.400. The highest BCUT2D eigenvalue weighted by Gasteiger charge is 2.17. The molecule has 0 heterocycles. The van der Waals surface area contributed by atoms with Crippen LogP contribution in [0.2, 0.25) is 0 Å². The van der Waals surface area contributed by atoms with Gasteiger partial charge in [0.05, 0.1) is 0 Å². The Morgan fingerprint density at radius 2 is 1.00 bits per heavy atom. The molecule has 23 heavy (non-hydrogen) atoms. The molecule has 0 saturated heterocycles. The minimum absolute atomic E-state index is 0.0963. The lowest BCUT2D eigenvalue weighted by atomic mass is 9.87. The van der Waals surface area contributed by atoms with E-state index >= 15 is 0 Å². The SMILES string of the molecule is CC(C)(C)c1ccc(Oc2ccc(C(C)(C)C)cc2S)c(S)c1. The van der Waals surface area contributed by atoms with Crippen LogP contribution in [0.15, 0.2) is 46.2 Å². The van der Waals surface area contributed by atoms with Crippen LogP contribution < -0.4 is 4.74 Å². The monoisotopic (exact) mass is 346 g/mol. The van der Waals surface area contributed by atoms with Gasteiger partial charge in [-0.3, -0.25) is 0 Å². The first-order valence-electron chi connectivity index (χ1n) is 7.83. The Bertz CT molecular complexity index is 645. The van der Waals surface area contributed by atoms with E-state index < -0.39 is 0 Å². The lowest BCUT2D eigenvalue weighted by molar-refractivity contribution is 0.457. The Kier molecular flexibility index (Phi) is 5.12. The molecular formula is C20H26OS2. The summed E-state index contributed by atoms with van der Waals surface area (Å²) in [5, 5.41) is 0. The second kappa shape index (κ2) is 6.45. The standard InChI is InChI=1S/C20H26OS2/c1-19(2,3)13-7-9-15(17(22)11-13)21-16-10-8-14(12-18(16)23)20(4,5)6/h7-12,22-23H,1-6H3. The fourth-order valence-corrected chi connectivity index (χ4v) is 2.78. The van der Waals surface area contributed by atoms with E-state index in [1.54, 1.807) is 0 Å². The minimum atomic E-state index is 0.0963. The molecule has 0 aromatic heterocycles. The molecule has 0 saturated carbocycles.